The molecule has 2 aromatic rings. The highest BCUT2D eigenvalue weighted by atomic mass is 16.2. The van der Waals surface area contributed by atoms with Crippen LogP contribution in [0.1, 0.15) is 12.0 Å². The van der Waals surface area contributed by atoms with Gasteiger partial charge in [0.05, 0.1) is 11.4 Å². The van der Waals surface area contributed by atoms with Crippen molar-refractivity contribution in [3.05, 3.63) is 42.1 Å². The first-order valence-corrected chi connectivity index (χ1v) is 6.54. The van der Waals surface area contributed by atoms with Crippen molar-refractivity contribution in [2.24, 2.45) is 11.7 Å². The van der Waals surface area contributed by atoms with Crippen LogP contribution in [0.2, 0.25) is 0 Å². The van der Waals surface area contributed by atoms with Gasteiger partial charge in [-0.25, -0.2) is 0 Å². The Morgan fingerprint density at radius 2 is 2.20 bits per heavy atom. The Bertz CT molecular complexity index is 684. The summed E-state index contributed by atoms with van der Waals surface area (Å²) >= 11 is 0. The van der Waals surface area contributed by atoms with Crippen LogP contribution in [-0.4, -0.2) is 28.2 Å². The molecule has 1 fully saturated rings. The molecule has 0 saturated carbocycles. The lowest BCUT2D eigenvalue weighted by Crippen LogP contribution is -2.28. The molecule has 1 aromatic heterocycles. The van der Waals surface area contributed by atoms with E-state index in [4.69, 9.17) is 5.73 Å². The molecular formula is C15H15N3O2. The number of nitrogens with zero attached hydrogens (tertiary/aromatic N) is 2. The first kappa shape index (κ1) is 12.6. The topological polar surface area (TPSA) is 76.3 Å². The molecule has 1 unspecified atom stereocenters. The summed E-state index contributed by atoms with van der Waals surface area (Å²) < 4.78 is 0. The average molecular weight is 269 g/mol. The van der Waals surface area contributed by atoms with E-state index in [0.717, 1.165) is 16.5 Å². The highest BCUT2D eigenvalue weighted by Gasteiger charge is 2.32. The standard InChI is InChI=1S/C15H15N3O2/c16-15(20)12-6-14(19)18(9-12)8-10-5-11-3-1-2-4-13(11)17-7-10/h1-5,7,12H,6,8-9H2,(H2,16,20). The second kappa shape index (κ2) is 4.92. The number of likely N-dealkylation sites (tertiary alicyclic amines) is 1. The fourth-order valence-corrected chi connectivity index (χ4v) is 2.54. The molecule has 2 N–H and O–H groups in total. The van der Waals surface area contributed by atoms with Crippen LogP contribution in [0.25, 0.3) is 10.9 Å². The van der Waals surface area contributed by atoms with Crippen LogP contribution in [0, 0.1) is 5.92 Å². The zero-order chi connectivity index (χ0) is 14.1. The van der Waals surface area contributed by atoms with E-state index in [1.165, 1.54) is 0 Å². The van der Waals surface area contributed by atoms with E-state index in [-0.39, 0.29) is 18.2 Å². The summed E-state index contributed by atoms with van der Waals surface area (Å²) in [5.74, 6) is -0.796. The van der Waals surface area contributed by atoms with Crippen LogP contribution >= 0.6 is 0 Å². The Kier molecular flexibility index (Phi) is 3.10. The third-order valence-corrected chi connectivity index (χ3v) is 3.64. The van der Waals surface area contributed by atoms with E-state index in [9.17, 15) is 9.59 Å². The fourth-order valence-electron chi connectivity index (χ4n) is 2.54. The van der Waals surface area contributed by atoms with Crippen molar-refractivity contribution in [3.8, 4) is 0 Å². The highest BCUT2D eigenvalue weighted by Crippen LogP contribution is 2.21. The van der Waals surface area contributed by atoms with Crippen LogP contribution in [-0.2, 0) is 16.1 Å². The van der Waals surface area contributed by atoms with Gasteiger partial charge in [-0.1, -0.05) is 18.2 Å². The number of hydrogen-bond acceptors (Lipinski definition) is 3. The van der Waals surface area contributed by atoms with E-state index in [2.05, 4.69) is 4.98 Å². The lowest BCUT2D eigenvalue weighted by atomic mass is 10.1. The number of hydrogen-bond donors (Lipinski definition) is 1. The first-order chi connectivity index (χ1) is 9.63. The van der Waals surface area contributed by atoms with Crippen molar-refractivity contribution in [2.45, 2.75) is 13.0 Å². The Morgan fingerprint density at radius 3 is 2.95 bits per heavy atom. The summed E-state index contributed by atoms with van der Waals surface area (Å²) in [5, 5.41) is 1.04. The maximum Gasteiger partial charge on any atom is 0.223 e. The molecule has 1 aliphatic rings. The third kappa shape index (κ3) is 2.34. The van der Waals surface area contributed by atoms with Gasteiger partial charge in [0.15, 0.2) is 0 Å². The molecule has 1 saturated heterocycles. The number of primary amides is 1. The number of aromatic nitrogens is 1. The Balaban J connectivity index is 1.79. The SMILES string of the molecule is NC(=O)C1CC(=O)N(Cc2cnc3ccccc3c2)C1. The lowest BCUT2D eigenvalue weighted by molar-refractivity contribution is -0.128. The third-order valence-electron chi connectivity index (χ3n) is 3.64. The van der Waals surface area contributed by atoms with Gasteiger partial charge in [0.25, 0.3) is 0 Å². The van der Waals surface area contributed by atoms with Gasteiger partial charge in [0.1, 0.15) is 0 Å². The average Bonchev–Trinajstić information content (AvgIpc) is 2.80. The van der Waals surface area contributed by atoms with Crippen LogP contribution in [0.15, 0.2) is 36.5 Å². The summed E-state index contributed by atoms with van der Waals surface area (Å²) in [6, 6.07) is 9.86. The van der Waals surface area contributed by atoms with Gasteiger partial charge in [0, 0.05) is 31.1 Å². The molecule has 0 aliphatic carbocycles. The van der Waals surface area contributed by atoms with Crippen molar-refractivity contribution in [1.82, 2.24) is 9.88 Å². The number of pyridine rings is 1. The van der Waals surface area contributed by atoms with Gasteiger partial charge < -0.3 is 10.6 Å². The Morgan fingerprint density at radius 1 is 1.40 bits per heavy atom. The van der Waals surface area contributed by atoms with E-state index < -0.39 is 5.91 Å². The summed E-state index contributed by atoms with van der Waals surface area (Å²) in [6.07, 6.45) is 1.99. The number of benzene rings is 1. The molecule has 2 amide bonds. The molecule has 3 rings (SSSR count). The fraction of sp³-hybridized carbons (Fsp3) is 0.267. The predicted molar refractivity (Wildman–Crippen MR) is 74.5 cm³/mol. The molecule has 0 bridgehead atoms. The number of carbonyl (C=O) groups excluding carboxylic acids is 2. The van der Waals surface area contributed by atoms with Crippen molar-refractivity contribution in [3.63, 3.8) is 0 Å². The monoisotopic (exact) mass is 269 g/mol. The zero-order valence-electron chi connectivity index (χ0n) is 11.0. The maximum atomic E-state index is 11.9. The molecule has 5 nitrogen and oxygen atoms in total. The molecule has 0 spiro atoms. The van der Waals surface area contributed by atoms with E-state index in [0.29, 0.717) is 13.1 Å². The molecule has 0 radical (unpaired) electrons. The number of amides is 2. The first-order valence-electron chi connectivity index (χ1n) is 6.54. The molecule has 2 heterocycles. The highest BCUT2D eigenvalue weighted by molar-refractivity contribution is 5.88. The van der Waals surface area contributed by atoms with E-state index in [1.807, 2.05) is 30.3 Å². The second-order valence-corrected chi connectivity index (χ2v) is 5.11. The van der Waals surface area contributed by atoms with E-state index in [1.54, 1.807) is 11.1 Å². The predicted octanol–water partition coefficient (Wildman–Crippen LogP) is 1.07. The molecule has 20 heavy (non-hydrogen) atoms. The second-order valence-electron chi connectivity index (χ2n) is 5.11. The maximum absolute atomic E-state index is 11.9. The molecule has 5 heteroatoms. The summed E-state index contributed by atoms with van der Waals surface area (Å²) in [5.41, 5.74) is 7.15. The quantitative estimate of drug-likeness (QED) is 0.905. The smallest absolute Gasteiger partial charge is 0.223 e. The summed E-state index contributed by atoms with van der Waals surface area (Å²) in [6.45, 7) is 0.876. The summed E-state index contributed by atoms with van der Waals surface area (Å²) in [7, 11) is 0. The number of rotatable bonds is 3. The minimum Gasteiger partial charge on any atom is -0.369 e. The number of nitrogens with two attached hydrogens (primary N) is 1. The van der Waals surface area contributed by atoms with Crippen molar-refractivity contribution in [1.29, 1.82) is 0 Å². The number of para-hydroxylation sites is 1. The van der Waals surface area contributed by atoms with Crippen molar-refractivity contribution < 1.29 is 9.59 Å². The zero-order valence-corrected chi connectivity index (χ0v) is 11.0. The Hall–Kier alpha value is -2.43. The van der Waals surface area contributed by atoms with Gasteiger partial charge in [-0.2, -0.15) is 0 Å². The Labute approximate surface area is 116 Å². The molecular weight excluding hydrogens is 254 g/mol. The van der Waals surface area contributed by atoms with Crippen molar-refractivity contribution in [2.75, 3.05) is 6.54 Å². The minimum absolute atomic E-state index is 0.0260. The lowest BCUT2D eigenvalue weighted by Gasteiger charge is -2.16. The van der Waals surface area contributed by atoms with Gasteiger partial charge >= 0.3 is 0 Å². The minimum atomic E-state index is -0.405. The van der Waals surface area contributed by atoms with Crippen LogP contribution in [0.3, 0.4) is 0 Å². The molecule has 1 atom stereocenters. The summed E-state index contributed by atoms with van der Waals surface area (Å²) in [4.78, 5) is 29.0. The number of fused-ring (bicyclic) bond motifs is 1. The van der Waals surface area contributed by atoms with Crippen LogP contribution in [0.5, 0.6) is 0 Å². The van der Waals surface area contributed by atoms with Gasteiger partial charge in [-0.15, -0.1) is 0 Å². The molecule has 1 aromatic carbocycles. The van der Waals surface area contributed by atoms with Crippen molar-refractivity contribution >= 4 is 22.7 Å². The van der Waals surface area contributed by atoms with Gasteiger partial charge in [-0.05, 0) is 17.7 Å². The number of carbonyl (C=O) groups is 2. The van der Waals surface area contributed by atoms with Gasteiger partial charge in [0.2, 0.25) is 11.8 Å². The van der Waals surface area contributed by atoms with Gasteiger partial charge in [-0.3, -0.25) is 14.6 Å². The largest absolute Gasteiger partial charge is 0.369 e. The van der Waals surface area contributed by atoms with Crippen LogP contribution in [0.4, 0.5) is 0 Å². The molecule has 1 aliphatic heterocycles. The normalized spacial score (nSPS) is 18.7. The molecule has 102 valence electrons. The van der Waals surface area contributed by atoms with Crippen LogP contribution < -0.4 is 5.73 Å². The van der Waals surface area contributed by atoms with E-state index >= 15 is 0 Å².